The molecule has 0 saturated carbocycles. The van der Waals surface area contributed by atoms with Crippen LogP contribution >= 0.6 is 23.1 Å². The van der Waals surface area contributed by atoms with E-state index >= 15 is 0 Å². The summed E-state index contributed by atoms with van der Waals surface area (Å²) in [5, 5.41) is 17.3. The van der Waals surface area contributed by atoms with E-state index in [-0.39, 0.29) is 30.0 Å². The molecule has 0 spiro atoms. The summed E-state index contributed by atoms with van der Waals surface area (Å²) in [5.74, 6) is 1.40. The number of nitrogens with two attached hydrogens (primary N) is 1. The Bertz CT molecular complexity index is 1120. The van der Waals surface area contributed by atoms with Crippen LogP contribution in [0.5, 0.6) is 0 Å². The molecule has 0 saturated heterocycles. The number of rotatable bonds is 10. The van der Waals surface area contributed by atoms with E-state index in [1.54, 1.807) is 17.6 Å². The van der Waals surface area contributed by atoms with Gasteiger partial charge in [0.15, 0.2) is 5.16 Å². The highest BCUT2D eigenvalue weighted by Gasteiger charge is 2.35. The summed E-state index contributed by atoms with van der Waals surface area (Å²) in [4.78, 5) is 25.5. The number of aromatic nitrogens is 3. The number of aryl methyl sites for hydroxylation is 1. The number of hydrogen-bond acceptors (Lipinski definition) is 8. The Morgan fingerprint density at radius 1 is 1.30 bits per heavy atom. The van der Waals surface area contributed by atoms with Gasteiger partial charge >= 0.3 is 0 Å². The number of hydrazone groups is 1. The number of hydrogen-bond donors (Lipinski definition) is 1. The molecule has 0 fully saturated rings. The number of furan rings is 1. The van der Waals surface area contributed by atoms with E-state index in [4.69, 9.17) is 10.2 Å². The molecule has 1 unspecified atom stereocenters. The molecule has 0 radical (unpaired) electrons. The zero-order valence-electron chi connectivity index (χ0n) is 18.5. The average Bonchev–Trinajstić information content (AvgIpc) is 3.57. The molecule has 1 atom stereocenters. The van der Waals surface area contributed by atoms with Gasteiger partial charge in [-0.05, 0) is 29.5 Å². The fraction of sp³-hybridized carbons (Fsp3) is 0.409. The fourth-order valence-electron chi connectivity index (χ4n) is 3.62. The molecule has 0 aliphatic carbocycles. The summed E-state index contributed by atoms with van der Waals surface area (Å²) in [7, 11) is 0. The van der Waals surface area contributed by atoms with Crippen LogP contribution in [0, 0.1) is 5.92 Å². The normalized spacial score (nSPS) is 15.9. The predicted octanol–water partition coefficient (Wildman–Crippen LogP) is 3.48. The van der Waals surface area contributed by atoms with Gasteiger partial charge in [0.05, 0.1) is 22.6 Å². The largest absolute Gasteiger partial charge is 0.467 e. The van der Waals surface area contributed by atoms with Gasteiger partial charge in [0, 0.05) is 25.8 Å². The maximum absolute atomic E-state index is 13.2. The molecular formula is C22H26N6O3S2. The molecule has 0 aromatic carbocycles. The first-order valence-corrected chi connectivity index (χ1v) is 12.6. The van der Waals surface area contributed by atoms with Gasteiger partial charge in [-0.3, -0.25) is 9.59 Å². The molecule has 2 amide bonds. The minimum atomic E-state index is -0.379. The zero-order valence-corrected chi connectivity index (χ0v) is 20.1. The van der Waals surface area contributed by atoms with E-state index < -0.39 is 0 Å². The second-order valence-electron chi connectivity index (χ2n) is 8.16. The summed E-state index contributed by atoms with van der Waals surface area (Å²) >= 11 is 2.92. The van der Waals surface area contributed by atoms with Crippen LogP contribution in [0.4, 0.5) is 0 Å². The van der Waals surface area contributed by atoms with E-state index in [2.05, 4.69) is 29.1 Å². The molecule has 1 aliphatic heterocycles. The molecule has 3 aromatic rings. The molecule has 4 rings (SSSR count). The molecule has 2 N–H and O–H groups in total. The van der Waals surface area contributed by atoms with Gasteiger partial charge in [-0.1, -0.05) is 31.7 Å². The molecular weight excluding hydrogens is 460 g/mol. The summed E-state index contributed by atoms with van der Waals surface area (Å²) < 4.78 is 7.58. The van der Waals surface area contributed by atoms with Crippen LogP contribution < -0.4 is 5.73 Å². The highest BCUT2D eigenvalue weighted by Crippen LogP contribution is 2.34. The molecule has 174 valence electrons. The molecule has 33 heavy (non-hydrogen) atoms. The zero-order chi connectivity index (χ0) is 23.4. The van der Waals surface area contributed by atoms with Gasteiger partial charge in [0.2, 0.25) is 5.91 Å². The minimum absolute atomic E-state index is 0.134. The lowest BCUT2D eigenvalue weighted by atomic mass is 10.1. The Balaban J connectivity index is 1.50. The van der Waals surface area contributed by atoms with Crippen LogP contribution in [0.3, 0.4) is 0 Å². The number of nitrogens with zero attached hydrogens (tertiary/aromatic N) is 5. The van der Waals surface area contributed by atoms with E-state index in [9.17, 15) is 9.59 Å². The summed E-state index contributed by atoms with van der Waals surface area (Å²) in [5.41, 5.74) is 6.17. The Labute approximate surface area is 200 Å². The molecule has 3 aromatic heterocycles. The first kappa shape index (κ1) is 23.2. The number of thioether (sulfide) groups is 1. The van der Waals surface area contributed by atoms with Gasteiger partial charge in [0.1, 0.15) is 17.6 Å². The third-order valence-corrected chi connectivity index (χ3v) is 6.97. The van der Waals surface area contributed by atoms with E-state index in [1.807, 2.05) is 34.2 Å². The third-order valence-electron chi connectivity index (χ3n) is 5.10. The highest BCUT2D eigenvalue weighted by atomic mass is 32.2. The molecule has 11 heteroatoms. The summed E-state index contributed by atoms with van der Waals surface area (Å²) in [6, 6.07) is 7.40. The number of primary amides is 1. The average molecular weight is 487 g/mol. The monoisotopic (exact) mass is 486 g/mol. The van der Waals surface area contributed by atoms with E-state index in [0.717, 1.165) is 10.6 Å². The van der Waals surface area contributed by atoms with Crippen molar-refractivity contribution in [3.63, 3.8) is 0 Å². The number of carbonyl (C=O) groups is 2. The predicted molar refractivity (Wildman–Crippen MR) is 127 cm³/mol. The van der Waals surface area contributed by atoms with Crippen molar-refractivity contribution < 1.29 is 14.0 Å². The topological polar surface area (TPSA) is 120 Å². The Morgan fingerprint density at radius 3 is 2.82 bits per heavy atom. The first-order chi connectivity index (χ1) is 15.9. The molecule has 9 nitrogen and oxygen atoms in total. The van der Waals surface area contributed by atoms with Gasteiger partial charge in [-0.25, -0.2) is 5.01 Å². The Kier molecular flexibility index (Phi) is 7.29. The van der Waals surface area contributed by atoms with Crippen molar-refractivity contribution >= 4 is 40.6 Å². The van der Waals surface area contributed by atoms with Crippen LogP contribution in [0.1, 0.15) is 49.2 Å². The Morgan fingerprint density at radius 2 is 2.15 bits per heavy atom. The molecule has 0 bridgehead atoms. The standard InChI is InChI=1S/C22H26N6O3S2/c1-14(2)12-27-20(8-7-19(23)29)24-25-22(27)33-13-21(30)28-16(17-5-3-9-31-17)11-15(26-28)18-6-4-10-32-18/h3-6,9-10,14,16H,7-8,11-13H2,1-2H3,(H2,23,29). The van der Waals surface area contributed by atoms with Crippen LogP contribution in [-0.2, 0) is 22.6 Å². The van der Waals surface area contributed by atoms with Gasteiger partial charge in [0.25, 0.3) is 5.91 Å². The van der Waals surface area contributed by atoms with Gasteiger partial charge in [-0.15, -0.1) is 21.5 Å². The molecule has 4 heterocycles. The van der Waals surface area contributed by atoms with Crippen LogP contribution in [0.25, 0.3) is 0 Å². The van der Waals surface area contributed by atoms with Crippen molar-refractivity contribution in [2.75, 3.05) is 5.75 Å². The van der Waals surface area contributed by atoms with E-state index in [0.29, 0.717) is 42.0 Å². The lowest BCUT2D eigenvalue weighted by Crippen LogP contribution is -2.28. The number of thiophene rings is 1. The number of carbonyl (C=O) groups excluding carboxylic acids is 2. The highest BCUT2D eigenvalue weighted by molar-refractivity contribution is 7.99. The summed E-state index contributed by atoms with van der Waals surface area (Å²) in [6.07, 6.45) is 2.84. The second kappa shape index (κ2) is 10.3. The van der Waals surface area contributed by atoms with Gasteiger partial charge < -0.3 is 14.7 Å². The van der Waals surface area contributed by atoms with Crippen molar-refractivity contribution in [1.29, 1.82) is 0 Å². The van der Waals surface area contributed by atoms with Crippen LogP contribution in [-0.4, -0.2) is 43.1 Å². The van der Waals surface area contributed by atoms with Crippen molar-refractivity contribution in [1.82, 2.24) is 19.8 Å². The number of amides is 2. The summed E-state index contributed by atoms with van der Waals surface area (Å²) in [6.45, 7) is 4.88. The van der Waals surface area contributed by atoms with Crippen molar-refractivity contribution in [2.45, 2.75) is 50.9 Å². The third kappa shape index (κ3) is 5.53. The maximum Gasteiger partial charge on any atom is 0.253 e. The maximum atomic E-state index is 13.2. The quantitative estimate of drug-likeness (QED) is 0.438. The van der Waals surface area contributed by atoms with E-state index in [1.165, 1.54) is 16.8 Å². The fourth-order valence-corrected chi connectivity index (χ4v) is 5.16. The Hall–Kier alpha value is -2.92. The smallest absolute Gasteiger partial charge is 0.253 e. The SMILES string of the molecule is CC(C)Cn1c(CCC(N)=O)nnc1SCC(=O)N1N=C(c2cccs2)CC1c1ccco1. The van der Waals surface area contributed by atoms with Crippen LogP contribution in [0.15, 0.2) is 50.6 Å². The second-order valence-corrected chi connectivity index (χ2v) is 10.0. The van der Waals surface area contributed by atoms with Crippen molar-refractivity contribution in [3.8, 4) is 0 Å². The molecule has 1 aliphatic rings. The lowest BCUT2D eigenvalue weighted by molar-refractivity contribution is -0.130. The van der Waals surface area contributed by atoms with Crippen LogP contribution in [0.2, 0.25) is 0 Å². The first-order valence-electron chi connectivity index (χ1n) is 10.7. The minimum Gasteiger partial charge on any atom is -0.467 e. The lowest BCUT2D eigenvalue weighted by Gasteiger charge is -2.19. The van der Waals surface area contributed by atoms with Crippen molar-refractivity contribution in [3.05, 3.63) is 52.4 Å². The van der Waals surface area contributed by atoms with Crippen molar-refractivity contribution in [2.24, 2.45) is 16.8 Å². The van der Waals surface area contributed by atoms with Gasteiger partial charge in [-0.2, -0.15) is 5.10 Å².